The van der Waals surface area contributed by atoms with Crippen LogP contribution in [0.2, 0.25) is 5.02 Å². The molecular weight excluding hydrogens is 582 g/mol. The maximum Gasteiger partial charge on any atom is 0.253 e. The van der Waals surface area contributed by atoms with Gasteiger partial charge in [-0.15, -0.1) is 0 Å². The number of aliphatic hydroxyl groups excluding tert-OH is 1. The lowest BCUT2D eigenvalue weighted by Gasteiger charge is -2.41. The number of carbonyl (C=O) groups excluding carboxylic acids is 3. The fourth-order valence-corrected chi connectivity index (χ4v) is 7.68. The molecule has 2 saturated heterocycles. The van der Waals surface area contributed by atoms with E-state index in [0.29, 0.717) is 35.3 Å². The normalized spacial score (nSPS) is 30.3. The van der Waals surface area contributed by atoms with Crippen molar-refractivity contribution in [3.8, 4) is 5.75 Å². The summed E-state index contributed by atoms with van der Waals surface area (Å²) in [6.45, 7) is 8.20. The van der Waals surface area contributed by atoms with Crippen molar-refractivity contribution in [2.75, 3.05) is 36.1 Å². The topological polar surface area (TPSA) is 99.6 Å². The van der Waals surface area contributed by atoms with E-state index in [1.165, 1.54) is 4.90 Å². The molecule has 4 aliphatic rings. The van der Waals surface area contributed by atoms with Gasteiger partial charge in [-0.05, 0) is 56.2 Å². The van der Waals surface area contributed by atoms with E-state index in [9.17, 15) is 19.5 Å². The molecule has 6 atom stereocenters. The molecule has 0 aromatic heterocycles. The van der Waals surface area contributed by atoms with Crippen molar-refractivity contribution in [1.29, 1.82) is 0 Å². The number of rotatable bonds is 7. The summed E-state index contributed by atoms with van der Waals surface area (Å²) in [5.74, 6) is -2.44. The van der Waals surface area contributed by atoms with Crippen molar-refractivity contribution in [2.45, 2.75) is 51.0 Å². The van der Waals surface area contributed by atoms with E-state index in [2.05, 4.69) is 0 Å². The van der Waals surface area contributed by atoms with Crippen LogP contribution < -0.4 is 14.5 Å². The van der Waals surface area contributed by atoms with Crippen LogP contribution in [0.15, 0.2) is 72.8 Å². The van der Waals surface area contributed by atoms with Crippen molar-refractivity contribution >= 4 is 40.7 Å². The molecule has 2 fully saturated rings. The zero-order valence-electron chi connectivity index (χ0n) is 25.4. The number of amides is 3. The second-order valence-corrected chi connectivity index (χ2v) is 12.7. The van der Waals surface area contributed by atoms with Crippen molar-refractivity contribution < 1.29 is 29.0 Å². The Morgan fingerprint density at radius 1 is 0.955 bits per heavy atom. The number of hydrogen-bond donors (Lipinski definition) is 1. The van der Waals surface area contributed by atoms with E-state index < -0.39 is 35.1 Å². The number of benzene rings is 2. The summed E-state index contributed by atoms with van der Waals surface area (Å²) in [4.78, 5) is 48.7. The summed E-state index contributed by atoms with van der Waals surface area (Å²) >= 11 is 6.56. The quantitative estimate of drug-likeness (QED) is 0.466. The lowest BCUT2D eigenvalue weighted by molar-refractivity contribution is -0.149. The first-order chi connectivity index (χ1) is 21.1. The van der Waals surface area contributed by atoms with Crippen LogP contribution >= 0.6 is 11.6 Å². The first-order valence-electron chi connectivity index (χ1n) is 15.2. The molecule has 232 valence electrons. The van der Waals surface area contributed by atoms with E-state index in [0.717, 1.165) is 0 Å². The number of para-hydroxylation sites is 1. The molecule has 6 rings (SSSR count). The molecule has 4 heterocycles. The molecule has 1 spiro atoms. The smallest absolute Gasteiger partial charge is 0.253 e. The number of anilines is 2. The SMILES string of the molecule is CCOc1ccc(N2CC=C[C@@]3(C)O[C@]45C=CCN(c6ccccc6Cl)C(=O)C4N([C@@H](CO)C(C)C)C(=O)[C@@H]5[C@H]3C2=O)cc1. The summed E-state index contributed by atoms with van der Waals surface area (Å²) in [6, 6.07) is 12.5. The van der Waals surface area contributed by atoms with Crippen molar-refractivity contribution in [3.05, 3.63) is 77.9 Å². The van der Waals surface area contributed by atoms with Crippen molar-refractivity contribution in [3.63, 3.8) is 0 Å². The number of hydrogen-bond acceptors (Lipinski definition) is 6. The van der Waals surface area contributed by atoms with Gasteiger partial charge in [0.1, 0.15) is 17.4 Å². The van der Waals surface area contributed by atoms with Gasteiger partial charge in [0.15, 0.2) is 0 Å². The molecule has 9 nitrogen and oxygen atoms in total. The van der Waals surface area contributed by atoms with E-state index in [1.54, 1.807) is 40.1 Å². The van der Waals surface area contributed by atoms with Gasteiger partial charge in [0.05, 0.1) is 47.4 Å². The molecule has 1 unspecified atom stereocenters. The van der Waals surface area contributed by atoms with E-state index >= 15 is 0 Å². The highest BCUT2D eigenvalue weighted by atomic mass is 35.5. The van der Waals surface area contributed by atoms with Crippen LogP contribution in [0.5, 0.6) is 5.75 Å². The molecule has 1 N–H and O–H groups in total. The Hall–Kier alpha value is -3.66. The zero-order valence-corrected chi connectivity index (χ0v) is 26.1. The second-order valence-electron chi connectivity index (χ2n) is 12.3. The Morgan fingerprint density at radius 2 is 1.64 bits per heavy atom. The first kappa shape index (κ1) is 30.4. The molecule has 0 bridgehead atoms. The predicted octanol–water partition coefficient (Wildman–Crippen LogP) is 4.23. The predicted molar refractivity (Wildman–Crippen MR) is 168 cm³/mol. The van der Waals surface area contributed by atoms with Gasteiger partial charge in [-0.25, -0.2) is 0 Å². The van der Waals surface area contributed by atoms with Crippen LogP contribution in [-0.4, -0.2) is 77.3 Å². The van der Waals surface area contributed by atoms with Gasteiger partial charge in [0.25, 0.3) is 5.91 Å². The fourth-order valence-electron chi connectivity index (χ4n) is 7.45. The number of carbonyl (C=O) groups is 3. The average Bonchev–Trinajstić information content (AvgIpc) is 3.26. The Labute approximate surface area is 262 Å². The minimum Gasteiger partial charge on any atom is -0.494 e. The largest absolute Gasteiger partial charge is 0.494 e. The Kier molecular flexibility index (Phi) is 7.84. The molecule has 0 radical (unpaired) electrons. The molecule has 4 aliphatic heterocycles. The van der Waals surface area contributed by atoms with Gasteiger partial charge in [0, 0.05) is 18.8 Å². The van der Waals surface area contributed by atoms with Gasteiger partial charge < -0.3 is 29.3 Å². The van der Waals surface area contributed by atoms with Gasteiger partial charge in [-0.1, -0.05) is 61.9 Å². The average molecular weight is 620 g/mol. The van der Waals surface area contributed by atoms with Crippen LogP contribution in [0.25, 0.3) is 0 Å². The second kappa shape index (κ2) is 11.4. The Bertz CT molecular complexity index is 1530. The van der Waals surface area contributed by atoms with Crippen LogP contribution in [0.3, 0.4) is 0 Å². The highest BCUT2D eigenvalue weighted by Gasteiger charge is 2.75. The third-order valence-corrected chi connectivity index (χ3v) is 9.73. The summed E-state index contributed by atoms with van der Waals surface area (Å²) < 4.78 is 12.5. The van der Waals surface area contributed by atoms with E-state index in [4.69, 9.17) is 21.1 Å². The number of likely N-dealkylation sites (tertiary alicyclic amines) is 1. The summed E-state index contributed by atoms with van der Waals surface area (Å²) in [6.07, 6.45) is 7.35. The molecule has 2 aromatic rings. The molecular formula is C34H38ClN3O6. The van der Waals surface area contributed by atoms with Crippen molar-refractivity contribution in [2.24, 2.45) is 17.8 Å². The van der Waals surface area contributed by atoms with Gasteiger partial charge >= 0.3 is 0 Å². The fraction of sp³-hybridized carbons (Fsp3) is 0.441. The molecule has 10 heteroatoms. The number of ether oxygens (including phenoxy) is 2. The van der Waals surface area contributed by atoms with E-state index in [1.807, 2.05) is 70.2 Å². The third-order valence-electron chi connectivity index (χ3n) is 9.41. The maximum atomic E-state index is 14.7. The zero-order chi connectivity index (χ0) is 31.4. The molecule has 3 amide bonds. The van der Waals surface area contributed by atoms with E-state index in [-0.39, 0.29) is 36.8 Å². The lowest BCUT2D eigenvalue weighted by atomic mass is 9.74. The van der Waals surface area contributed by atoms with Gasteiger partial charge in [0.2, 0.25) is 11.8 Å². The Morgan fingerprint density at radius 3 is 2.30 bits per heavy atom. The Balaban J connectivity index is 1.48. The molecule has 2 aromatic carbocycles. The van der Waals surface area contributed by atoms with Crippen LogP contribution in [0, 0.1) is 17.8 Å². The maximum absolute atomic E-state index is 14.7. The number of nitrogens with zero attached hydrogens (tertiary/aromatic N) is 3. The van der Waals surface area contributed by atoms with Gasteiger partial charge in [-0.2, -0.15) is 0 Å². The molecule has 0 saturated carbocycles. The summed E-state index contributed by atoms with van der Waals surface area (Å²) in [7, 11) is 0. The minimum atomic E-state index is -1.45. The van der Waals surface area contributed by atoms with Gasteiger partial charge in [-0.3, -0.25) is 14.4 Å². The van der Waals surface area contributed by atoms with Crippen LogP contribution in [-0.2, 0) is 19.1 Å². The van der Waals surface area contributed by atoms with Crippen LogP contribution in [0.4, 0.5) is 11.4 Å². The van der Waals surface area contributed by atoms with Crippen molar-refractivity contribution in [1.82, 2.24) is 4.90 Å². The third kappa shape index (κ3) is 4.55. The number of fused-ring (bicyclic) bond motifs is 2. The lowest BCUT2D eigenvalue weighted by Crippen LogP contribution is -2.59. The summed E-state index contributed by atoms with van der Waals surface area (Å²) in [5.41, 5.74) is -1.44. The highest BCUT2D eigenvalue weighted by Crippen LogP contribution is 2.58. The standard InChI is InChI=1S/C34H38ClN3O6/c1-5-43-23-14-12-22(13-15-23)36-18-8-16-33(4)27(30(36)40)28-31(41)38(26(20-39)21(2)3)29-32(42)37(19-9-17-34(28,29)44-33)25-11-7-6-10-24(25)35/h6-17,21,26-29,39H,5,18-20H2,1-4H3/t26-,27-,28-,29?,33+,34-/m0/s1. The number of halogens is 1. The minimum absolute atomic E-state index is 0.176. The molecule has 0 aliphatic carbocycles. The monoisotopic (exact) mass is 619 g/mol. The highest BCUT2D eigenvalue weighted by molar-refractivity contribution is 6.34. The molecule has 44 heavy (non-hydrogen) atoms. The number of aliphatic hydroxyl groups is 1. The summed E-state index contributed by atoms with van der Waals surface area (Å²) in [5, 5.41) is 10.9. The first-order valence-corrected chi connectivity index (χ1v) is 15.5. The van der Waals surface area contributed by atoms with Crippen LogP contribution in [0.1, 0.15) is 27.7 Å².